The van der Waals surface area contributed by atoms with Gasteiger partial charge in [0.05, 0.1) is 11.9 Å². The van der Waals surface area contributed by atoms with Crippen molar-refractivity contribution < 1.29 is 29.8 Å². The highest BCUT2D eigenvalue weighted by Gasteiger charge is 2.02. The zero-order valence-electron chi connectivity index (χ0n) is 16.7. The van der Waals surface area contributed by atoms with Crippen LogP contribution < -0.4 is 31.6 Å². The summed E-state index contributed by atoms with van der Waals surface area (Å²) in [7, 11) is 0. The second-order valence-electron chi connectivity index (χ2n) is 6.54. The van der Waals surface area contributed by atoms with Crippen LogP contribution in [0.25, 0.3) is 22.1 Å². The van der Waals surface area contributed by atoms with Crippen molar-refractivity contribution >= 4 is 45.9 Å². The summed E-state index contributed by atoms with van der Waals surface area (Å²) in [6.07, 6.45) is 0. The molecule has 0 aliphatic heterocycles. The molecular formula is C22H20N6O4. The standard InChI is InChI=1S/C8H6O4.2C7H7N3/c9-7(10)5-3-1-2-4-6(5)8(11)12;2*8-7-9-5-3-1-2-4-6(5)10-7/h1-4H,(H,9,10)(H,11,12);2*1-4H,(H3,8,9,10). The number of aromatic nitrogens is 4. The zero-order valence-corrected chi connectivity index (χ0v) is 16.7. The van der Waals surface area contributed by atoms with Crippen molar-refractivity contribution in [1.82, 2.24) is 9.97 Å². The summed E-state index contributed by atoms with van der Waals surface area (Å²) in [5.41, 5.74) is 14.4. The van der Waals surface area contributed by atoms with Gasteiger partial charge in [-0.2, -0.15) is 0 Å². The molecule has 0 atom stereocenters. The molecule has 0 radical (unpaired) electrons. The number of carbonyl (C=O) groups is 2. The highest BCUT2D eigenvalue weighted by Crippen LogP contribution is 2.07. The molecule has 162 valence electrons. The van der Waals surface area contributed by atoms with E-state index in [0.717, 1.165) is 34.2 Å². The van der Waals surface area contributed by atoms with Gasteiger partial charge in [0, 0.05) is 11.1 Å². The number of rotatable bonds is 2. The number of anilines is 2. The minimum Gasteiger partial charge on any atom is -0.545 e. The van der Waals surface area contributed by atoms with Crippen LogP contribution in [-0.2, 0) is 0 Å². The van der Waals surface area contributed by atoms with Gasteiger partial charge in [-0.05, 0) is 24.3 Å². The number of nitrogen functional groups attached to an aromatic ring is 2. The molecule has 5 rings (SSSR count). The maximum atomic E-state index is 10.3. The van der Waals surface area contributed by atoms with Crippen molar-refractivity contribution in [1.29, 1.82) is 0 Å². The lowest BCUT2D eigenvalue weighted by Crippen LogP contribution is -2.29. The number of hydrogen-bond donors (Lipinski definition) is 4. The predicted octanol–water partition coefficient (Wildman–Crippen LogP) is -0.458. The van der Waals surface area contributed by atoms with E-state index in [-0.39, 0.29) is 11.1 Å². The Bertz CT molecular complexity index is 1200. The van der Waals surface area contributed by atoms with Crippen LogP contribution in [0.3, 0.4) is 0 Å². The third-order valence-corrected chi connectivity index (χ3v) is 4.30. The lowest BCUT2D eigenvalue weighted by atomic mass is 10.1. The number of imidazole rings is 2. The van der Waals surface area contributed by atoms with E-state index in [9.17, 15) is 19.8 Å². The largest absolute Gasteiger partial charge is 0.545 e. The first-order chi connectivity index (χ1) is 15.3. The molecule has 10 heteroatoms. The Kier molecular flexibility index (Phi) is 6.66. The molecule has 3 aromatic carbocycles. The summed E-state index contributed by atoms with van der Waals surface area (Å²) < 4.78 is 0. The number of carboxylic acids is 2. The van der Waals surface area contributed by atoms with Crippen LogP contribution in [0, 0.1) is 0 Å². The van der Waals surface area contributed by atoms with Crippen molar-refractivity contribution in [3.05, 3.63) is 83.9 Å². The van der Waals surface area contributed by atoms with Crippen molar-refractivity contribution in [3.8, 4) is 0 Å². The summed E-state index contributed by atoms with van der Waals surface area (Å²) in [6.45, 7) is 0. The third-order valence-electron chi connectivity index (χ3n) is 4.30. The smallest absolute Gasteiger partial charge is 0.351 e. The van der Waals surface area contributed by atoms with Gasteiger partial charge in [0.1, 0.15) is 22.1 Å². The minimum atomic E-state index is -1.52. The molecule has 5 aromatic rings. The van der Waals surface area contributed by atoms with Crippen molar-refractivity contribution in [2.24, 2.45) is 0 Å². The molecule has 0 spiro atoms. The Labute approximate surface area is 181 Å². The molecule has 2 heterocycles. The summed E-state index contributed by atoms with van der Waals surface area (Å²) in [4.78, 5) is 32.6. The van der Waals surface area contributed by atoms with Gasteiger partial charge in [-0.25, -0.2) is 19.9 Å². The summed E-state index contributed by atoms with van der Waals surface area (Å²) >= 11 is 0. The Hall–Kier alpha value is -4.86. The molecule has 2 aromatic heterocycles. The molecule has 0 fully saturated rings. The van der Waals surface area contributed by atoms with E-state index in [1.54, 1.807) is 0 Å². The van der Waals surface area contributed by atoms with Gasteiger partial charge < -0.3 is 19.8 Å². The number of benzene rings is 3. The van der Waals surface area contributed by atoms with E-state index in [4.69, 9.17) is 11.5 Å². The topological polar surface area (TPSA) is 192 Å². The lowest BCUT2D eigenvalue weighted by Gasteiger charge is -2.09. The van der Waals surface area contributed by atoms with Crippen LogP contribution >= 0.6 is 0 Å². The van der Waals surface area contributed by atoms with E-state index in [1.165, 1.54) is 12.1 Å². The fourth-order valence-electron chi connectivity index (χ4n) is 2.88. The molecular weight excluding hydrogens is 412 g/mol. The number of H-pyrrole nitrogens is 4. The van der Waals surface area contributed by atoms with Crippen LogP contribution in [0.2, 0.25) is 0 Å². The molecule has 8 N–H and O–H groups in total. The first-order valence-electron chi connectivity index (χ1n) is 9.38. The van der Waals surface area contributed by atoms with E-state index in [2.05, 4.69) is 19.9 Å². The van der Waals surface area contributed by atoms with Gasteiger partial charge in [-0.15, -0.1) is 0 Å². The van der Waals surface area contributed by atoms with E-state index >= 15 is 0 Å². The number of aromatic amines is 4. The van der Waals surface area contributed by atoms with Crippen LogP contribution in [0.15, 0.2) is 72.8 Å². The number of carbonyl (C=O) groups excluding carboxylic acids is 2. The maximum absolute atomic E-state index is 10.3. The summed E-state index contributed by atoms with van der Waals surface area (Å²) in [5, 5.41) is 20.6. The molecule has 0 aliphatic rings. The number of aromatic carboxylic acids is 2. The third kappa shape index (κ3) is 5.39. The summed E-state index contributed by atoms with van der Waals surface area (Å²) in [6, 6.07) is 20.9. The monoisotopic (exact) mass is 432 g/mol. The average molecular weight is 432 g/mol. The first-order valence-corrected chi connectivity index (χ1v) is 9.38. The van der Waals surface area contributed by atoms with Crippen molar-refractivity contribution in [3.63, 3.8) is 0 Å². The fraction of sp³-hybridized carbons (Fsp3) is 0. The van der Waals surface area contributed by atoms with Gasteiger partial charge in [-0.1, -0.05) is 48.5 Å². The van der Waals surface area contributed by atoms with Crippen LogP contribution in [0.4, 0.5) is 11.9 Å². The Morgan fingerprint density at radius 3 is 1.31 bits per heavy atom. The van der Waals surface area contributed by atoms with Crippen LogP contribution in [0.1, 0.15) is 20.7 Å². The highest BCUT2D eigenvalue weighted by molar-refractivity contribution is 5.99. The normalized spacial score (nSPS) is 10.0. The molecule has 0 amide bonds. The molecule has 0 aliphatic carbocycles. The second-order valence-corrected chi connectivity index (χ2v) is 6.54. The average Bonchev–Trinajstić information content (AvgIpc) is 3.34. The number of nitrogens with one attached hydrogen (secondary N) is 4. The quantitative estimate of drug-likeness (QED) is 0.291. The molecule has 10 nitrogen and oxygen atoms in total. The summed E-state index contributed by atoms with van der Waals surface area (Å²) in [5.74, 6) is -1.84. The van der Waals surface area contributed by atoms with Gasteiger partial charge >= 0.3 is 11.9 Å². The lowest BCUT2D eigenvalue weighted by molar-refractivity contribution is -0.326. The van der Waals surface area contributed by atoms with Gasteiger partial charge in [-0.3, -0.25) is 11.5 Å². The van der Waals surface area contributed by atoms with E-state index < -0.39 is 11.9 Å². The number of fused-ring (bicyclic) bond motifs is 2. The molecule has 0 saturated heterocycles. The minimum absolute atomic E-state index is 0.363. The van der Waals surface area contributed by atoms with Crippen molar-refractivity contribution in [2.75, 3.05) is 11.5 Å². The van der Waals surface area contributed by atoms with Crippen LogP contribution in [0.5, 0.6) is 0 Å². The fourth-order valence-corrected chi connectivity index (χ4v) is 2.88. The first kappa shape index (κ1) is 21.8. The van der Waals surface area contributed by atoms with Gasteiger partial charge in [0.25, 0.3) is 0 Å². The predicted molar refractivity (Wildman–Crippen MR) is 114 cm³/mol. The molecule has 0 unspecified atom stereocenters. The molecule has 0 saturated carbocycles. The van der Waals surface area contributed by atoms with Crippen molar-refractivity contribution in [2.45, 2.75) is 0 Å². The number of para-hydroxylation sites is 4. The number of hydrogen-bond acceptors (Lipinski definition) is 6. The highest BCUT2D eigenvalue weighted by atomic mass is 16.4. The molecule has 0 bridgehead atoms. The Morgan fingerprint density at radius 1 is 0.625 bits per heavy atom. The zero-order chi connectivity index (χ0) is 23.1. The molecule has 32 heavy (non-hydrogen) atoms. The van der Waals surface area contributed by atoms with E-state index in [0.29, 0.717) is 11.9 Å². The number of carboxylic acid groups (broad SMARTS) is 2. The van der Waals surface area contributed by atoms with Gasteiger partial charge in [0.2, 0.25) is 0 Å². The second kappa shape index (κ2) is 9.76. The van der Waals surface area contributed by atoms with Gasteiger partial charge in [0.15, 0.2) is 0 Å². The number of nitrogens with two attached hydrogens (primary N) is 2. The van der Waals surface area contributed by atoms with Crippen LogP contribution in [-0.4, -0.2) is 21.9 Å². The Morgan fingerprint density at radius 2 is 0.969 bits per heavy atom. The maximum Gasteiger partial charge on any atom is 0.351 e. The SMILES string of the molecule is Nc1[nH]c2ccccc2[nH+]1.Nc1[nH]c2ccccc2[nH+]1.O=C([O-])c1ccccc1C(=O)[O-]. The van der Waals surface area contributed by atoms with E-state index in [1.807, 2.05) is 48.5 Å². The Balaban J connectivity index is 0.000000136.